The first-order valence-electron chi connectivity index (χ1n) is 7.89. The molecular weight excluding hydrogens is 431 g/mol. The summed E-state index contributed by atoms with van der Waals surface area (Å²) in [6, 6.07) is 15.2. The number of para-hydroxylation sites is 2. The fourth-order valence-corrected chi connectivity index (χ4v) is 3.67. The summed E-state index contributed by atoms with van der Waals surface area (Å²) in [7, 11) is 0. The molecule has 0 saturated heterocycles. The lowest BCUT2D eigenvalue weighted by Gasteiger charge is -2.34. The molecule has 1 aliphatic rings. The summed E-state index contributed by atoms with van der Waals surface area (Å²) in [5, 5.41) is 9.49. The highest BCUT2D eigenvalue weighted by Crippen LogP contribution is 2.41. The van der Waals surface area contributed by atoms with Crippen LogP contribution >= 0.6 is 22.6 Å². The van der Waals surface area contributed by atoms with Crippen LogP contribution in [-0.2, 0) is 4.79 Å². The Labute approximate surface area is 160 Å². The lowest BCUT2D eigenvalue weighted by atomic mass is 10.1. The topological polar surface area (TPSA) is 62.1 Å². The molecule has 1 N–H and O–H groups in total. The summed E-state index contributed by atoms with van der Waals surface area (Å²) < 4.78 is 5.46. The van der Waals surface area contributed by atoms with E-state index in [-0.39, 0.29) is 11.3 Å². The highest BCUT2D eigenvalue weighted by atomic mass is 127. The number of carbonyl (C=O) groups is 1. The number of alkyl halides is 1. The van der Waals surface area contributed by atoms with E-state index in [1.165, 1.54) is 0 Å². The van der Waals surface area contributed by atoms with Gasteiger partial charge in [-0.25, -0.2) is 9.79 Å². The van der Waals surface area contributed by atoms with Crippen molar-refractivity contribution in [2.45, 2.75) is 30.4 Å². The molecule has 1 aliphatic heterocycles. The second-order valence-electron chi connectivity index (χ2n) is 6.71. The van der Waals surface area contributed by atoms with Crippen LogP contribution < -0.4 is 9.64 Å². The predicted molar refractivity (Wildman–Crippen MR) is 108 cm³/mol. The van der Waals surface area contributed by atoms with E-state index in [2.05, 4.69) is 27.6 Å². The van der Waals surface area contributed by atoms with Crippen molar-refractivity contribution >= 4 is 51.3 Å². The maximum atomic E-state index is 11.6. The zero-order valence-corrected chi connectivity index (χ0v) is 16.4. The number of aliphatic imine (C=N–C) groups is 1. The number of carboxylic acids is 1. The van der Waals surface area contributed by atoms with Gasteiger partial charge in [0.2, 0.25) is 0 Å². The minimum absolute atomic E-state index is 0.120. The number of aliphatic carboxylic acids is 1. The fraction of sp³-hybridized carbons (Fsp3) is 0.263. The smallest absolute Gasteiger partial charge is 0.353 e. The zero-order chi connectivity index (χ0) is 18.2. The molecule has 2 aromatic rings. The van der Waals surface area contributed by atoms with Crippen molar-refractivity contribution in [3.05, 3.63) is 48.5 Å². The van der Waals surface area contributed by atoms with Gasteiger partial charge in [0, 0.05) is 5.69 Å². The van der Waals surface area contributed by atoms with E-state index in [0.29, 0.717) is 5.69 Å². The van der Waals surface area contributed by atoms with Gasteiger partial charge in [0.25, 0.3) is 0 Å². The minimum Gasteiger partial charge on any atom is -0.488 e. The van der Waals surface area contributed by atoms with Crippen LogP contribution in [0.4, 0.5) is 17.1 Å². The van der Waals surface area contributed by atoms with Crippen molar-refractivity contribution < 1.29 is 14.6 Å². The average Bonchev–Trinajstić information content (AvgIpc) is 2.54. The van der Waals surface area contributed by atoms with E-state index in [1.807, 2.05) is 74.2 Å². The predicted octanol–water partition coefficient (Wildman–Crippen LogP) is 4.93. The largest absolute Gasteiger partial charge is 0.488 e. The molecule has 0 saturated carbocycles. The van der Waals surface area contributed by atoms with Gasteiger partial charge >= 0.3 is 5.97 Å². The number of benzene rings is 2. The molecule has 5 nitrogen and oxygen atoms in total. The van der Waals surface area contributed by atoms with E-state index in [1.54, 1.807) is 0 Å². The highest BCUT2D eigenvalue weighted by Gasteiger charge is 2.33. The molecule has 0 spiro atoms. The molecule has 0 amide bonds. The van der Waals surface area contributed by atoms with Gasteiger partial charge in [-0.3, -0.25) is 0 Å². The summed E-state index contributed by atoms with van der Waals surface area (Å²) >= 11 is 2.11. The molecule has 0 radical (unpaired) electrons. The third-order valence-corrected chi connectivity index (χ3v) is 4.74. The van der Waals surface area contributed by atoms with Gasteiger partial charge in [-0.1, -0.05) is 34.7 Å². The van der Waals surface area contributed by atoms with Crippen molar-refractivity contribution in [1.29, 1.82) is 0 Å². The van der Waals surface area contributed by atoms with Crippen molar-refractivity contribution in [3.63, 3.8) is 0 Å². The molecule has 0 fully saturated rings. The summed E-state index contributed by atoms with van der Waals surface area (Å²) in [4.78, 5) is 17.9. The fourth-order valence-electron chi connectivity index (χ4n) is 2.64. The Hall–Kier alpha value is -2.09. The summed E-state index contributed by atoms with van der Waals surface area (Å²) in [6.07, 6.45) is 0. The van der Waals surface area contributed by atoms with E-state index >= 15 is 0 Å². The van der Waals surface area contributed by atoms with E-state index in [0.717, 1.165) is 17.1 Å². The van der Waals surface area contributed by atoms with Gasteiger partial charge in [0.15, 0.2) is 5.71 Å². The van der Waals surface area contributed by atoms with Crippen LogP contribution in [-0.4, -0.2) is 26.4 Å². The van der Waals surface area contributed by atoms with E-state index in [9.17, 15) is 9.90 Å². The molecule has 0 aliphatic carbocycles. The van der Waals surface area contributed by atoms with Crippen LogP contribution in [0.25, 0.3) is 0 Å². The average molecular weight is 450 g/mol. The van der Waals surface area contributed by atoms with Crippen molar-refractivity contribution in [1.82, 2.24) is 0 Å². The van der Waals surface area contributed by atoms with Crippen LogP contribution in [0.5, 0.6) is 5.75 Å². The van der Waals surface area contributed by atoms with Gasteiger partial charge in [0.05, 0.1) is 11.4 Å². The van der Waals surface area contributed by atoms with Crippen LogP contribution in [0.15, 0.2) is 53.5 Å². The number of carboxylic acid groups (broad SMARTS) is 1. The van der Waals surface area contributed by atoms with Gasteiger partial charge in [-0.05, 0) is 57.2 Å². The maximum Gasteiger partial charge on any atom is 0.353 e. The van der Waals surface area contributed by atoms with Crippen LogP contribution in [0.2, 0.25) is 0 Å². The third-order valence-electron chi connectivity index (χ3n) is 3.59. The standard InChI is InChI=1S/C19H19IN2O3/c1-19(2,3)25-13-10-8-12(9-11-13)22-15-7-5-4-6-14(15)21-16(17(22)20)18(23)24/h4-11,17H,1-3H3,(H,23,24). The zero-order valence-electron chi connectivity index (χ0n) is 14.2. The summed E-state index contributed by atoms with van der Waals surface area (Å²) in [5.74, 6) is -0.231. The molecule has 6 heteroatoms. The lowest BCUT2D eigenvalue weighted by molar-refractivity contribution is -0.129. The molecule has 1 heterocycles. The Morgan fingerprint density at radius 2 is 1.80 bits per heavy atom. The molecule has 3 rings (SSSR count). The Morgan fingerprint density at radius 1 is 1.16 bits per heavy atom. The molecule has 130 valence electrons. The molecular formula is C19H19IN2O3. The Morgan fingerprint density at radius 3 is 2.40 bits per heavy atom. The van der Waals surface area contributed by atoms with Crippen molar-refractivity contribution in [2.75, 3.05) is 4.90 Å². The van der Waals surface area contributed by atoms with Crippen LogP contribution in [0, 0.1) is 0 Å². The Kier molecular flexibility index (Phi) is 4.73. The molecule has 1 atom stereocenters. The second kappa shape index (κ2) is 6.67. The van der Waals surface area contributed by atoms with Crippen LogP contribution in [0.1, 0.15) is 20.8 Å². The van der Waals surface area contributed by atoms with Crippen molar-refractivity contribution in [3.8, 4) is 5.75 Å². The maximum absolute atomic E-state index is 11.6. The number of fused-ring (bicyclic) bond motifs is 1. The van der Waals surface area contributed by atoms with Crippen LogP contribution in [0.3, 0.4) is 0 Å². The minimum atomic E-state index is -1.01. The molecule has 0 aromatic heterocycles. The number of hydrogen-bond acceptors (Lipinski definition) is 4. The van der Waals surface area contributed by atoms with Gasteiger partial charge < -0.3 is 14.7 Å². The van der Waals surface area contributed by atoms with E-state index < -0.39 is 10.0 Å². The highest BCUT2D eigenvalue weighted by molar-refractivity contribution is 14.1. The number of anilines is 2. The number of rotatable bonds is 3. The summed E-state index contributed by atoms with van der Waals surface area (Å²) in [5.41, 5.74) is 2.28. The monoisotopic (exact) mass is 450 g/mol. The first-order chi connectivity index (χ1) is 11.8. The number of nitrogens with zero attached hydrogens (tertiary/aromatic N) is 2. The van der Waals surface area contributed by atoms with Gasteiger partial charge in [0.1, 0.15) is 15.4 Å². The van der Waals surface area contributed by atoms with E-state index in [4.69, 9.17) is 4.74 Å². The Balaban J connectivity index is 2.01. The first-order valence-corrected chi connectivity index (χ1v) is 9.14. The first kappa shape index (κ1) is 17.7. The van der Waals surface area contributed by atoms with Crippen molar-refractivity contribution in [2.24, 2.45) is 4.99 Å². The van der Waals surface area contributed by atoms with Gasteiger partial charge in [-0.15, -0.1) is 0 Å². The quantitative estimate of drug-likeness (QED) is 0.409. The van der Waals surface area contributed by atoms with Gasteiger partial charge in [-0.2, -0.15) is 0 Å². The lowest BCUT2D eigenvalue weighted by Crippen LogP contribution is -2.39. The third kappa shape index (κ3) is 3.78. The molecule has 1 unspecified atom stereocenters. The molecule has 25 heavy (non-hydrogen) atoms. The molecule has 0 bridgehead atoms. The Bertz CT molecular complexity index is 825. The number of ether oxygens (including phenoxy) is 1. The molecule has 2 aromatic carbocycles. The second-order valence-corrected chi connectivity index (χ2v) is 7.88. The summed E-state index contributed by atoms with van der Waals surface area (Å²) in [6.45, 7) is 5.99. The number of halogens is 1. The SMILES string of the molecule is CC(C)(C)Oc1ccc(N2c3ccccc3N=C(C(=O)O)C2I)cc1. The normalized spacial score (nSPS) is 16.9. The number of hydrogen-bond donors (Lipinski definition) is 1.